The lowest BCUT2D eigenvalue weighted by atomic mass is 10.0. The van der Waals surface area contributed by atoms with Crippen molar-refractivity contribution in [2.24, 2.45) is 5.16 Å². The quantitative estimate of drug-likeness (QED) is 0.480. The van der Waals surface area contributed by atoms with Gasteiger partial charge in [0.2, 0.25) is 0 Å². The number of aliphatic hydroxyl groups is 3. The zero-order valence-electron chi connectivity index (χ0n) is 8.53. The van der Waals surface area contributed by atoms with Gasteiger partial charge in [0.05, 0.1) is 6.61 Å². The summed E-state index contributed by atoms with van der Waals surface area (Å²) in [5, 5.41) is 31.7. The molecule has 1 unspecified atom stereocenters. The number of hydrogen-bond acceptors (Lipinski definition) is 7. The van der Waals surface area contributed by atoms with E-state index in [-0.39, 0.29) is 5.71 Å². The molecule has 3 N–H and O–H groups in total. The molecule has 0 bridgehead atoms. The molecule has 0 aromatic heterocycles. The summed E-state index contributed by atoms with van der Waals surface area (Å²) in [7, 11) is 2.63. The van der Waals surface area contributed by atoms with E-state index in [1.54, 1.807) is 0 Å². The number of methoxy groups -OCH3 is 1. The lowest BCUT2D eigenvalue weighted by Crippen LogP contribution is -2.56. The van der Waals surface area contributed by atoms with Crippen molar-refractivity contribution in [1.29, 1.82) is 0 Å². The van der Waals surface area contributed by atoms with Gasteiger partial charge in [-0.15, -0.1) is 0 Å². The van der Waals surface area contributed by atoms with Crippen LogP contribution in [0.4, 0.5) is 0 Å². The molecule has 1 aliphatic heterocycles. The van der Waals surface area contributed by atoms with Crippen LogP contribution in [0.25, 0.3) is 0 Å². The topological polar surface area (TPSA) is 101 Å². The fraction of sp³-hybridized carbons (Fsp3) is 0.875. The summed E-state index contributed by atoms with van der Waals surface area (Å²) in [5.41, 5.74) is -0.0188. The van der Waals surface area contributed by atoms with Crippen molar-refractivity contribution in [2.75, 3.05) is 20.8 Å². The molecule has 1 aliphatic rings. The minimum absolute atomic E-state index is 0.0188. The summed E-state index contributed by atoms with van der Waals surface area (Å²) in [5.74, 6) is 0. The summed E-state index contributed by atoms with van der Waals surface area (Å²) < 4.78 is 9.91. The molecule has 0 aliphatic carbocycles. The number of rotatable bonds is 3. The van der Waals surface area contributed by atoms with Crippen LogP contribution in [0.5, 0.6) is 0 Å². The summed E-state index contributed by atoms with van der Waals surface area (Å²) in [6, 6.07) is 0. The average molecular weight is 221 g/mol. The van der Waals surface area contributed by atoms with E-state index in [9.17, 15) is 10.2 Å². The minimum Gasteiger partial charge on any atom is -0.399 e. The lowest BCUT2D eigenvalue weighted by molar-refractivity contribution is -0.224. The van der Waals surface area contributed by atoms with Crippen LogP contribution >= 0.6 is 0 Å². The van der Waals surface area contributed by atoms with Gasteiger partial charge in [-0.05, 0) is 0 Å². The van der Waals surface area contributed by atoms with Crippen LogP contribution in [0.1, 0.15) is 0 Å². The highest BCUT2D eigenvalue weighted by molar-refractivity contribution is 5.93. The zero-order valence-corrected chi connectivity index (χ0v) is 8.53. The van der Waals surface area contributed by atoms with E-state index in [2.05, 4.69) is 9.99 Å². The Labute approximate surface area is 86.9 Å². The number of hydrogen-bond donors (Lipinski definition) is 3. The van der Waals surface area contributed by atoms with E-state index in [0.29, 0.717) is 0 Å². The fourth-order valence-corrected chi connectivity index (χ4v) is 1.37. The van der Waals surface area contributed by atoms with Gasteiger partial charge in [-0.1, -0.05) is 5.16 Å². The Kier molecular flexibility index (Phi) is 4.43. The van der Waals surface area contributed by atoms with Gasteiger partial charge in [0, 0.05) is 7.11 Å². The molecule has 0 aromatic rings. The van der Waals surface area contributed by atoms with Crippen molar-refractivity contribution in [1.82, 2.24) is 0 Å². The maximum atomic E-state index is 9.64. The van der Waals surface area contributed by atoms with Crippen LogP contribution in [0.2, 0.25) is 0 Å². The fourth-order valence-electron chi connectivity index (χ4n) is 1.37. The SMILES string of the molecule is CO/N=C1/[C@H](O)C(CO)O[C@H](OC)[C@H]1O. The average Bonchev–Trinajstić information content (AvgIpc) is 2.25. The Hall–Kier alpha value is -0.730. The summed E-state index contributed by atoms with van der Waals surface area (Å²) in [6.07, 6.45) is -4.28. The van der Waals surface area contributed by atoms with Crippen molar-refractivity contribution in [3.63, 3.8) is 0 Å². The second-order valence-corrected chi connectivity index (χ2v) is 3.05. The van der Waals surface area contributed by atoms with Gasteiger partial charge < -0.3 is 29.6 Å². The molecule has 0 aromatic carbocycles. The predicted octanol–water partition coefficient (Wildman–Crippen LogP) is -1.93. The first-order chi connectivity index (χ1) is 7.15. The molecule has 7 nitrogen and oxygen atoms in total. The molecule has 0 amide bonds. The van der Waals surface area contributed by atoms with Gasteiger partial charge in [0.1, 0.15) is 31.1 Å². The first-order valence-electron chi connectivity index (χ1n) is 4.41. The normalized spacial score (nSPS) is 39.4. The standard InChI is InChI=1S/C8H15NO6/c1-13-8-7(12)5(9-14-2)6(11)4(3-10)15-8/h4,6-8,10-12H,3H2,1-2H3/b9-5-/t4?,6-,7+,8+/m1/s1. The second kappa shape index (κ2) is 5.38. The molecule has 1 heterocycles. The summed E-state index contributed by atoms with van der Waals surface area (Å²) >= 11 is 0. The van der Waals surface area contributed by atoms with Gasteiger partial charge in [-0.2, -0.15) is 0 Å². The molecular formula is C8H15NO6. The smallest absolute Gasteiger partial charge is 0.189 e. The first kappa shape index (κ1) is 12.3. The molecule has 0 saturated carbocycles. The summed E-state index contributed by atoms with van der Waals surface area (Å²) in [4.78, 5) is 4.48. The molecule has 15 heavy (non-hydrogen) atoms. The third-order valence-electron chi connectivity index (χ3n) is 2.13. The lowest BCUT2D eigenvalue weighted by Gasteiger charge is -2.35. The minimum atomic E-state index is -1.22. The van der Waals surface area contributed by atoms with Gasteiger partial charge in [-0.25, -0.2) is 0 Å². The van der Waals surface area contributed by atoms with Crippen LogP contribution in [0, 0.1) is 0 Å². The Morgan fingerprint density at radius 3 is 2.47 bits per heavy atom. The number of aliphatic hydroxyl groups excluding tert-OH is 3. The zero-order chi connectivity index (χ0) is 11.4. The van der Waals surface area contributed by atoms with Crippen LogP contribution in [0.3, 0.4) is 0 Å². The van der Waals surface area contributed by atoms with Gasteiger partial charge in [0.15, 0.2) is 6.29 Å². The second-order valence-electron chi connectivity index (χ2n) is 3.05. The number of oxime groups is 1. The highest BCUT2D eigenvalue weighted by atomic mass is 16.7. The Bertz CT molecular complexity index is 215. The Balaban J connectivity index is 2.86. The van der Waals surface area contributed by atoms with Crippen molar-refractivity contribution in [3.05, 3.63) is 0 Å². The highest BCUT2D eigenvalue weighted by Gasteiger charge is 2.42. The molecule has 4 atom stereocenters. The van der Waals surface area contributed by atoms with Crippen LogP contribution in [-0.4, -0.2) is 66.5 Å². The van der Waals surface area contributed by atoms with Crippen molar-refractivity contribution in [3.8, 4) is 0 Å². The van der Waals surface area contributed by atoms with Crippen LogP contribution < -0.4 is 0 Å². The van der Waals surface area contributed by atoms with Gasteiger partial charge in [-0.3, -0.25) is 0 Å². The maximum Gasteiger partial charge on any atom is 0.189 e. The number of ether oxygens (including phenoxy) is 2. The third-order valence-corrected chi connectivity index (χ3v) is 2.13. The first-order valence-corrected chi connectivity index (χ1v) is 4.41. The Morgan fingerprint density at radius 2 is 2.00 bits per heavy atom. The molecule has 0 radical (unpaired) electrons. The van der Waals surface area contributed by atoms with E-state index >= 15 is 0 Å². The maximum absolute atomic E-state index is 9.64. The van der Waals surface area contributed by atoms with E-state index in [0.717, 1.165) is 0 Å². The van der Waals surface area contributed by atoms with Crippen molar-refractivity contribution < 1.29 is 29.6 Å². The van der Waals surface area contributed by atoms with Crippen LogP contribution in [0.15, 0.2) is 5.16 Å². The Morgan fingerprint density at radius 1 is 1.33 bits per heavy atom. The summed E-state index contributed by atoms with van der Waals surface area (Å²) in [6.45, 7) is -0.406. The molecule has 1 fully saturated rings. The molecular weight excluding hydrogens is 206 g/mol. The predicted molar refractivity (Wildman–Crippen MR) is 49.2 cm³/mol. The van der Waals surface area contributed by atoms with Gasteiger partial charge in [0.25, 0.3) is 0 Å². The molecule has 7 heteroatoms. The third kappa shape index (κ3) is 2.44. The van der Waals surface area contributed by atoms with Crippen LogP contribution in [-0.2, 0) is 14.3 Å². The molecule has 1 saturated heterocycles. The molecule has 0 spiro atoms. The highest BCUT2D eigenvalue weighted by Crippen LogP contribution is 2.19. The van der Waals surface area contributed by atoms with E-state index in [4.69, 9.17) is 14.6 Å². The van der Waals surface area contributed by atoms with Crippen molar-refractivity contribution >= 4 is 5.71 Å². The monoisotopic (exact) mass is 221 g/mol. The van der Waals surface area contributed by atoms with Crippen molar-refractivity contribution in [2.45, 2.75) is 24.6 Å². The van der Waals surface area contributed by atoms with Gasteiger partial charge >= 0.3 is 0 Å². The van der Waals surface area contributed by atoms with E-state index in [1.165, 1.54) is 14.2 Å². The largest absolute Gasteiger partial charge is 0.399 e. The molecule has 1 rings (SSSR count). The van der Waals surface area contributed by atoms with E-state index in [1.807, 2.05) is 0 Å². The number of nitrogens with zero attached hydrogens (tertiary/aromatic N) is 1. The molecule has 88 valence electrons. The van der Waals surface area contributed by atoms with E-state index < -0.39 is 31.2 Å².